The second kappa shape index (κ2) is 12.1. The minimum Gasteiger partial charge on any atom is -0.394 e. The van der Waals surface area contributed by atoms with Gasteiger partial charge in [-0.25, -0.2) is 24.3 Å². The lowest BCUT2D eigenvalue weighted by Gasteiger charge is -2.25. The number of nitrogens with two attached hydrogens (primary N) is 1. The van der Waals surface area contributed by atoms with Crippen LogP contribution in [0.4, 0.5) is 10.2 Å². The van der Waals surface area contributed by atoms with Gasteiger partial charge in [0.15, 0.2) is 35.9 Å². The molecule has 4 aromatic rings. The van der Waals surface area contributed by atoms with Crippen LogP contribution in [0.1, 0.15) is 18.9 Å². The highest BCUT2D eigenvalue weighted by atomic mass is 32.7. The lowest BCUT2D eigenvalue weighted by Crippen LogP contribution is -2.32. The number of aliphatic hydroxyl groups excluding tert-OH is 1. The SMILES string of the molecule is Nc1ncnc2c1ccn2[C@@H]1O[C@H](COP(O)(=S)O[C@@H]2C[C@@H](CO)O[C@H]2n2cnc3c(=O)[nH]cnc32)[C@@H](O[P+](=O)S)[C@@H]1F. The van der Waals surface area contributed by atoms with Crippen molar-refractivity contribution < 1.29 is 42.0 Å². The number of fused-ring (bicyclic) bond motifs is 2. The van der Waals surface area contributed by atoms with Crippen molar-refractivity contribution in [1.82, 2.24) is 34.1 Å². The van der Waals surface area contributed by atoms with Crippen molar-refractivity contribution in [3.05, 3.63) is 41.6 Å². The number of H-pyrrole nitrogens is 1. The number of aromatic amines is 1. The third-order valence-corrected chi connectivity index (χ3v) is 9.25. The van der Waals surface area contributed by atoms with Crippen molar-refractivity contribution in [2.45, 2.75) is 49.5 Å². The summed E-state index contributed by atoms with van der Waals surface area (Å²) in [4.78, 5) is 41.8. The van der Waals surface area contributed by atoms with Crippen molar-refractivity contribution >= 4 is 66.0 Å². The zero-order valence-corrected chi connectivity index (χ0v) is 25.2. The van der Waals surface area contributed by atoms with Gasteiger partial charge in [0.25, 0.3) is 5.56 Å². The zero-order valence-electron chi connectivity index (χ0n) is 21.7. The normalized spacial score (nSPS) is 29.4. The van der Waals surface area contributed by atoms with Gasteiger partial charge in [0.2, 0.25) is 0 Å². The molecule has 5 N–H and O–H groups in total. The highest BCUT2D eigenvalue weighted by Crippen LogP contribution is 2.51. The number of aliphatic hydroxyl groups is 1. The first kappa shape index (κ1) is 30.5. The van der Waals surface area contributed by atoms with Gasteiger partial charge in [0.05, 0.1) is 37.4 Å². The van der Waals surface area contributed by atoms with Crippen LogP contribution < -0.4 is 11.3 Å². The van der Waals surface area contributed by atoms with Gasteiger partial charge in [-0.3, -0.25) is 9.36 Å². The number of aromatic nitrogens is 7. The Hall–Kier alpha value is -2.48. The van der Waals surface area contributed by atoms with Crippen LogP contribution in [0, 0.1) is 0 Å². The average molecular weight is 678 g/mol. The Morgan fingerprint density at radius 2 is 2.07 bits per heavy atom. The minimum absolute atomic E-state index is 0.0453. The van der Waals surface area contributed by atoms with Crippen molar-refractivity contribution in [3.63, 3.8) is 0 Å². The number of nitrogens with zero attached hydrogens (tertiary/aromatic N) is 6. The van der Waals surface area contributed by atoms with Gasteiger partial charge >= 0.3 is 13.9 Å². The van der Waals surface area contributed by atoms with E-state index >= 15 is 4.39 Å². The van der Waals surface area contributed by atoms with Crippen molar-refractivity contribution in [2.75, 3.05) is 18.9 Å². The molecule has 9 atom stereocenters. The molecule has 0 aliphatic carbocycles. The van der Waals surface area contributed by atoms with E-state index in [4.69, 9.17) is 40.6 Å². The first-order valence-corrected chi connectivity index (χ1v) is 17.5. The predicted molar refractivity (Wildman–Crippen MR) is 153 cm³/mol. The van der Waals surface area contributed by atoms with Crippen LogP contribution in [0.2, 0.25) is 0 Å². The molecule has 17 nitrogen and oxygen atoms in total. The summed E-state index contributed by atoms with van der Waals surface area (Å²) in [6.07, 6.45) is -3.13. The van der Waals surface area contributed by atoms with Gasteiger partial charge in [-0.05, 0) is 22.4 Å². The molecule has 2 fully saturated rings. The van der Waals surface area contributed by atoms with Gasteiger partial charge in [-0.2, -0.15) is 0 Å². The largest absolute Gasteiger partial charge is 0.582 e. The smallest absolute Gasteiger partial charge is 0.394 e. The van der Waals surface area contributed by atoms with E-state index in [1.54, 1.807) is 6.07 Å². The molecule has 2 unspecified atom stereocenters. The Bertz CT molecular complexity index is 1780. The molecule has 230 valence electrons. The van der Waals surface area contributed by atoms with Crippen LogP contribution in [0.3, 0.4) is 0 Å². The van der Waals surface area contributed by atoms with E-state index in [0.29, 0.717) is 11.0 Å². The first-order chi connectivity index (χ1) is 20.6. The molecule has 0 aromatic carbocycles. The molecule has 0 amide bonds. The molecular formula is C21H24FN8O9P2S2+. The van der Waals surface area contributed by atoms with E-state index in [1.807, 2.05) is 0 Å². The molecule has 0 spiro atoms. The zero-order chi connectivity index (χ0) is 30.5. The molecule has 43 heavy (non-hydrogen) atoms. The van der Waals surface area contributed by atoms with Crippen LogP contribution in [0.25, 0.3) is 22.2 Å². The molecule has 6 rings (SSSR count). The van der Waals surface area contributed by atoms with Gasteiger partial charge < -0.3 is 43.8 Å². The Morgan fingerprint density at radius 3 is 2.84 bits per heavy atom. The topological polar surface area (TPSA) is 224 Å². The number of nitrogen functional groups attached to an aromatic ring is 1. The third-order valence-electron chi connectivity index (χ3n) is 6.95. The number of alkyl halides is 1. The molecule has 0 radical (unpaired) electrons. The number of hydrogen-bond acceptors (Lipinski definition) is 14. The lowest BCUT2D eigenvalue weighted by atomic mass is 10.1. The van der Waals surface area contributed by atoms with E-state index < -0.39 is 69.2 Å². The molecule has 22 heteroatoms. The standard InChI is InChI=1S/C21H23FN8O9P2S2/c22-13-15(38-40(33)42)12(37-21(13)29-2-1-10-16(23)24-6-25-17(10)29)5-35-41(34,43)39-11-3-9(4-31)36-20(11)30-8-28-14-18(30)26-7-27-19(14)32/h1-2,6-9,11-13,15,20-21,31H,3-5H2,(H4-,23,24,25,26,27,32,33,34,42,43)/p+1/t9-,11+,12+,13-,15+,20+,21+,41?/m0/s1. The molecular weight excluding hydrogens is 653 g/mol. The number of anilines is 1. The van der Waals surface area contributed by atoms with E-state index in [-0.39, 0.29) is 30.0 Å². The summed E-state index contributed by atoms with van der Waals surface area (Å²) < 4.78 is 58.6. The van der Waals surface area contributed by atoms with Crippen LogP contribution in [-0.2, 0) is 39.4 Å². The Balaban J connectivity index is 1.20. The third kappa shape index (κ3) is 5.97. The van der Waals surface area contributed by atoms with Gasteiger partial charge in [0, 0.05) is 12.6 Å². The molecule has 6 heterocycles. The van der Waals surface area contributed by atoms with Gasteiger partial charge in [-0.15, -0.1) is 4.52 Å². The fraction of sp³-hybridized carbons (Fsp3) is 0.476. The maximum atomic E-state index is 15.7. The van der Waals surface area contributed by atoms with Gasteiger partial charge in [0.1, 0.15) is 42.2 Å². The Labute approximate surface area is 251 Å². The fourth-order valence-electron chi connectivity index (χ4n) is 5.07. The Kier molecular flexibility index (Phi) is 8.62. The molecule has 4 aromatic heterocycles. The van der Waals surface area contributed by atoms with Crippen molar-refractivity contribution in [3.8, 4) is 0 Å². The van der Waals surface area contributed by atoms with E-state index in [1.165, 1.54) is 34.3 Å². The summed E-state index contributed by atoms with van der Waals surface area (Å²) in [5, 5.41) is 10.2. The fourth-order valence-corrected chi connectivity index (χ4v) is 7.30. The highest BCUT2D eigenvalue weighted by molar-refractivity contribution is 8.39. The monoisotopic (exact) mass is 677 g/mol. The summed E-state index contributed by atoms with van der Waals surface area (Å²) in [7, 11) is -2.56. The summed E-state index contributed by atoms with van der Waals surface area (Å²) in [6.45, 7) is -4.98. The molecule has 0 saturated carbocycles. The molecule has 0 bridgehead atoms. The first-order valence-electron chi connectivity index (χ1n) is 12.6. The number of nitrogens with one attached hydrogen (secondary N) is 1. The van der Waals surface area contributed by atoms with Crippen molar-refractivity contribution in [2.24, 2.45) is 0 Å². The minimum atomic E-state index is -4.09. The van der Waals surface area contributed by atoms with E-state index in [9.17, 15) is 19.4 Å². The maximum Gasteiger partial charge on any atom is 0.582 e. The summed E-state index contributed by atoms with van der Waals surface area (Å²) >= 11 is 8.99. The number of thiol groups is 1. The van der Waals surface area contributed by atoms with Crippen LogP contribution in [0.5, 0.6) is 0 Å². The highest BCUT2D eigenvalue weighted by Gasteiger charge is 2.52. The Morgan fingerprint density at radius 1 is 1.26 bits per heavy atom. The van der Waals surface area contributed by atoms with Crippen molar-refractivity contribution in [1.29, 1.82) is 0 Å². The van der Waals surface area contributed by atoms with E-state index in [2.05, 4.69) is 37.2 Å². The summed E-state index contributed by atoms with van der Waals surface area (Å²) in [6, 6.07) is 1.59. The quantitative estimate of drug-likeness (QED) is 0.118. The number of rotatable bonds is 10. The van der Waals surface area contributed by atoms with Gasteiger partial charge in [-0.1, -0.05) is 0 Å². The number of ether oxygens (including phenoxy) is 2. The molecule has 2 aliphatic heterocycles. The van der Waals surface area contributed by atoms with Crippen LogP contribution in [0.15, 0.2) is 36.0 Å². The van der Waals surface area contributed by atoms with Crippen LogP contribution >= 0.6 is 26.2 Å². The molecule has 2 aliphatic rings. The predicted octanol–water partition coefficient (Wildman–Crippen LogP) is 1.25. The lowest BCUT2D eigenvalue weighted by molar-refractivity contribution is -0.0537. The number of hydrogen-bond donors (Lipinski definition) is 5. The number of imidazole rings is 1. The number of halogens is 1. The summed E-state index contributed by atoms with van der Waals surface area (Å²) in [5.74, 6) is 0.185. The van der Waals surface area contributed by atoms with Crippen LogP contribution in [-0.4, -0.2) is 87.9 Å². The molecule has 2 saturated heterocycles. The second-order valence-corrected chi connectivity index (χ2v) is 14.0. The second-order valence-electron chi connectivity index (χ2n) is 9.57. The van der Waals surface area contributed by atoms with E-state index in [0.717, 1.165) is 0 Å². The average Bonchev–Trinajstić information content (AvgIpc) is 3.73. The summed E-state index contributed by atoms with van der Waals surface area (Å²) in [5.41, 5.74) is 5.93. The maximum absolute atomic E-state index is 15.7.